The Labute approximate surface area is 118 Å². The molecule has 6 nitrogen and oxygen atoms in total. The predicted molar refractivity (Wildman–Crippen MR) is 76.4 cm³/mol. The van der Waals surface area contributed by atoms with E-state index >= 15 is 0 Å². The van der Waals surface area contributed by atoms with Gasteiger partial charge in [0.25, 0.3) is 5.91 Å². The van der Waals surface area contributed by atoms with E-state index in [1.807, 2.05) is 19.0 Å². The molecule has 0 saturated heterocycles. The van der Waals surface area contributed by atoms with Gasteiger partial charge in [-0.1, -0.05) is 0 Å². The number of hydrogen-bond donors (Lipinski definition) is 2. The Morgan fingerprint density at radius 1 is 1.45 bits per heavy atom. The Kier molecular flexibility index (Phi) is 6.39. The molecule has 0 bridgehead atoms. The van der Waals surface area contributed by atoms with Gasteiger partial charge in [0.05, 0.1) is 0 Å². The number of carboxylic acids is 1. The van der Waals surface area contributed by atoms with E-state index in [-0.39, 0.29) is 5.91 Å². The third-order valence-electron chi connectivity index (χ3n) is 2.57. The molecular weight excluding hydrogens is 258 g/mol. The molecule has 2 N–H and O–H groups in total. The van der Waals surface area contributed by atoms with Crippen LogP contribution in [0.5, 0.6) is 0 Å². The first-order valence-corrected chi connectivity index (χ1v) is 6.28. The van der Waals surface area contributed by atoms with Crippen molar-refractivity contribution in [1.29, 1.82) is 0 Å². The monoisotopic (exact) mass is 277 g/mol. The number of rotatable bonds is 7. The van der Waals surface area contributed by atoms with Crippen LogP contribution in [0.2, 0.25) is 0 Å². The Bertz CT molecular complexity index is 498. The molecule has 6 heteroatoms. The lowest BCUT2D eigenvalue weighted by atomic mass is 10.1. The summed E-state index contributed by atoms with van der Waals surface area (Å²) in [6.45, 7) is 1.46. The SMILES string of the molecule is CN(C)CCCNC(=O)c1ccncc1C=CC(=O)O. The largest absolute Gasteiger partial charge is 0.478 e. The Balaban J connectivity index is 2.65. The van der Waals surface area contributed by atoms with E-state index in [9.17, 15) is 9.59 Å². The van der Waals surface area contributed by atoms with Gasteiger partial charge in [-0.3, -0.25) is 9.78 Å². The zero-order chi connectivity index (χ0) is 15.0. The van der Waals surface area contributed by atoms with Crippen molar-refractivity contribution in [3.8, 4) is 0 Å². The number of carbonyl (C=O) groups is 2. The van der Waals surface area contributed by atoms with Crippen LogP contribution in [0.15, 0.2) is 24.5 Å². The molecule has 0 saturated carbocycles. The zero-order valence-corrected chi connectivity index (χ0v) is 11.7. The minimum atomic E-state index is -1.06. The topological polar surface area (TPSA) is 82.5 Å². The van der Waals surface area contributed by atoms with Crippen LogP contribution < -0.4 is 5.32 Å². The maximum absolute atomic E-state index is 12.0. The minimum absolute atomic E-state index is 0.226. The minimum Gasteiger partial charge on any atom is -0.478 e. The number of amides is 1. The van der Waals surface area contributed by atoms with Gasteiger partial charge in [-0.15, -0.1) is 0 Å². The van der Waals surface area contributed by atoms with Gasteiger partial charge in [0.15, 0.2) is 0 Å². The van der Waals surface area contributed by atoms with Crippen molar-refractivity contribution in [2.24, 2.45) is 0 Å². The summed E-state index contributed by atoms with van der Waals surface area (Å²) in [4.78, 5) is 28.5. The Morgan fingerprint density at radius 2 is 2.20 bits per heavy atom. The number of aliphatic carboxylic acids is 1. The quantitative estimate of drug-likeness (QED) is 0.570. The highest BCUT2D eigenvalue weighted by molar-refractivity contribution is 5.98. The number of nitrogens with one attached hydrogen (secondary N) is 1. The molecular formula is C14H19N3O3. The zero-order valence-electron chi connectivity index (χ0n) is 11.7. The van der Waals surface area contributed by atoms with Crippen molar-refractivity contribution in [1.82, 2.24) is 15.2 Å². The summed E-state index contributed by atoms with van der Waals surface area (Å²) in [5.74, 6) is -1.29. The Hall–Kier alpha value is -2.21. The van der Waals surface area contributed by atoms with E-state index in [0.717, 1.165) is 19.0 Å². The van der Waals surface area contributed by atoms with Gasteiger partial charge >= 0.3 is 5.97 Å². The van der Waals surface area contributed by atoms with E-state index in [1.54, 1.807) is 6.07 Å². The number of nitrogens with zero attached hydrogens (tertiary/aromatic N) is 2. The average molecular weight is 277 g/mol. The maximum atomic E-state index is 12.0. The molecule has 0 unspecified atom stereocenters. The summed E-state index contributed by atoms with van der Waals surface area (Å²) in [5, 5.41) is 11.4. The first-order valence-electron chi connectivity index (χ1n) is 6.28. The van der Waals surface area contributed by atoms with Crippen molar-refractivity contribution in [2.75, 3.05) is 27.2 Å². The van der Waals surface area contributed by atoms with E-state index in [0.29, 0.717) is 17.7 Å². The van der Waals surface area contributed by atoms with Crippen LogP contribution >= 0.6 is 0 Å². The van der Waals surface area contributed by atoms with E-state index in [1.165, 1.54) is 18.5 Å². The second-order valence-electron chi connectivity index (χ2n) is 4.55. The molecule has 1 heterocycles. The fourth-order valence-electron chi connectivity index (χ4n) is 1.60. The van der Waals surface area contributed by atoms with Gasteiger partial charge < -0.3 is 15.3 Å². The molecule has 0 aromatic carbocycles. The first-order chi connectivity index (χ1) is 9.50. The number of pyridine rings is 1. The predicted octanol–water partition coefficient (Wildman–Crippen LogP) is 0.861. The third-order valence-corrected chi connectivity index (χ3v) is 2.57. The lowest BCUT2D eigenvalue weighted by Gasteiger charge is -2.10. The summed E-state index contributed by atoms with van der Waals surface area (Å²) in [6.07, 6.45) is 6.18. The van der Waals surface area contributed by atoms with Gasteiger partial charge in [-0.05, 0) is 39.2 Å². The fraction of sp³-hybridized carbons (Fsp3) is 0.357. The smallest absolute Gasteiger partial charge is 0.328 e. The van der Waals surface area contributed by atoms with Gasteiger partial charge in [-0.25, -0.2) is 4.79 Å². The maximum Gasteiger partial charge on any atom is 0.328 e. The van der Waals surface area contributed by atoms with E-state index in [2.05, 4.69) is 10.3 Å². The number of carbonyl (C=O) groups excluding carboxylic acids is 1. The lowest BCUT2D eigenvalue weighted by molar-refractivity contribution is -0.131. The molecule has 0 radical (unpaired) electrons. The van der Waals surface area contributed by atoms with Crippen molar-refractivity contribution in [3.63, 3.8) is 0 Å². The molecule has 0 aliphatic carbocycles. The molecule has 1 rings (SSSR count). The van der Waals surface area contributed by atoms with Crippen molar-refractivity contribution in [3.05, 3.63) is 35.7 Å². The van der Waals surface area contributed by atoms with Gasteiger partial charge in [0.2, 0.25) is 0 Å². The van der Waals surface area contributed by atoms with Crippen LogP contribution in [0, 0.1) is 0 Å². The lowest BCUT2D eigenvalue weighted by Crippen LogP contribution is -2.27. The van der Waals surface area contributed by atoms with E-state index in [4.69, 9.17) is 5.11 Å². The summed E-state index contributed by atoms with van der Waals surface area (Å²) in [5.41, 5.74) is 0.905. The van der Waals surface area contributed by atoms with Crippen molar-refractivity contribution < 1.29 is 14.7 Å². The molecule has 108 valence electrons. The second kappa shape index (κ2) is 8.06. The highest BCUT2D eigenvalue weighted by Crippen LogP contribution is 2.09. The molecule has 0 aliphatic heterocycles. The number of hydrogen-bond acceptors (Lipinski definition) is 4. The first kappa shape index (κ1) is 15.8. The number of carboxylic acid groups (broad SMARTS) is 1. The molecule has 20 heavy (non-hydrogen) atoms. The molecule has 0 aliphatic rings. The third kappa shape index (κ3) is 5.62. The molecule has 0 atom stereocenters. The molecule has 1 aromatic rings. The van der Waals surface area contributed by atoms with Crippen LogP contribution in [-0.2, 0) is 4.79 Å². The van der Waals surface area contributed by atoms with Gasteiger partial charge in [0.1, 0.15) is 0 Å². The summed E-state index contributed by atoms with van der Waals surface area (Å²) in [6, 6.07) is 1.57. The fourth-order valence-corrected chi connectivity index (χ4v) is 1.60. The van der Waals surface area contributed by atoms with Crippen LogP contribution in [-0.4, -0.2) is 54.1 Å². The highest BCUT2D eigenvalue weighted by atomic mass is 16.4. The molecule has 1 amide bonds. The van der Waals surface area contributed by atoms with Crippen LogP contribution in [0.4, 0.5) is 0 Å². The van der Waals surface area contributed by atoms with Crippen LogP contribution in [0.1, 0.15) is 22.3 Å². The van der Waals surface area contributed by atoms with Crippen molar-refractivity contribution >= 4 is 18.0 Å². The highest BCUT2D eigenvalue weighted by Gasteiger charge is 2.09. The summed E-state index contributed by atoms with van der Waals surface area (Å²) in [7, 11) is 3.94. The normalized spacial score (nSPS) is 10.9. The summed E-state index contributed by atoms with van der Waals surface area (Å²) >= 11 is 0. The van der Waals surface area contributed by atoms with Crippen LogP contribution in [0.25, 0.3) is 6.08 Å². The number of aromatic nitrogens is 1. The average Bonchev–Trinajstić information content (AvgIpc) is 2.41. The van der Waals surface area contributed by atoms with Crippen LogP contribution in [0.3, 0.4) is 0 Å². The van der Waals surface area contributed by atoms with Crippen molar-refractivity contribution in [2.45, 2.75) is 6.42 Å². The second-order valence-corrected chi connectivity index (χ2v) is 4.55. The van der Waals surface area contributed by atoms with E-state index < -0.39 is 5.97 Å². The molecule has 1 aromatic heterocycles. The summed E-state index contributed by atoms with van der Waals surface area (Å²) < 4.78 is 0. The molecule has 0 spiro atoms. The standard InChI is InChI=1S/C14H19N3O3/c1-17(2)9-3-7-16-14(20)12-6-8-15-10-11(12)4-5-13(18)19/h4-6,8,10H,3,7,9H2,1-2H3,(H,16,20)(H,18,19). The van der Waals surface area contributed by atoms with Gasteiger partial charge in [-0.2, -0.15) is 0 Å². The Morgan fingerprint density at radius 3 is 2.85 bits per heavy atom. The molecule has 0 fully saturated rings. The van der Waals surface area contributed by atoms with Gasteiger partial charge in [0, 0.05) is 36.1 Å².